The van der Waals surface area contributed by atoms with Crippen molar-refractivity contribution in [3.8, 4) is 5.75 Å². The van der Waals surface area contributed by atoms with Gasteiger partial charge >= 0.3 is 0 Å². The van der Waals surface area contributed by atoms with Crippen LogP contribution in [-0.2, 0) is 6.61 Å². The topological polar surface area (TPSA) is 84.7 Å². The lowest BCUT2D eigenvalue weighted by Gasteiger charge is -2.27. The molecule has 0 spiro atoms. The average molecular weight is 387 g/mol. The number of nitrogens with two attached hydrogens (primary N) is 1. The van der Waals surface area contributed by atoms with Gasteiger partial charge in [0.15, 0.2) is 11.6 Å². The number of nitrogens with zero attached hydrogens (tertiary/aromatic N) is 1. The Bertz CT molecular complexity index is 820. The van der Waals surface area contributed by atoms with E-state index in [1.807, 2.05) is 13.8 Å². The second kappa shape index (κ2) is 10.4. The first-order valence-corrected chi connectivity index (χ1v) is 9.36. The highest BCUT2D eigenvalue weighted by atomic mass is 19.1. The van der Waals surface area contributed by atoms with Crippen LogP contribution in [0.3, 0.4) is 0 Å². The van der Waals surface area contributed by atoms with Crippen LogP contribution in [0.2, 0.25) is 0 Å². The van der Waals surface area contributed by atoms with Crippen molar-refractivity contribution in [2.24, 2.45) is 5.73 Å². The highest BCUT2D eigenvalue weighted by molar-refractivity contribution is 5.95. The van der Waals surface area contributed by atoms with Crippen LogP contribution in [0.15, 0.2) is 42.5 Å². The normalized spacial score (nSPS) is 13.3. The molecule has 0 bridgehead atoms. The van der Waals surface area contributed by atoms with Crippen LogP contribution in [0.25, 0.3) is 0 Å². The van der Waals surface area contributed by atoms with Crippen molar-refractivity contribution in [2.75, 3.05) is 26.2 Å². The van der Waals surface area contributed by atoms with Crippen molar-refractivity contribution in [3.63, 3.8) is 0 Å². The lowest BCUT2D eigenvalue weighted by atomic mass is 10.1. The molecule has 3 N–H and O–H groups in total. The van der Waals surface area contributed by atoms with Gasteiger partial charge in [-0.15, -0.1) is 0 Å². The molecule has 1 saturated heterocycles. The summed E-state index contributed by atoms with van der Waals surface area (Å²) >= 11 is 0. The van der Waals surface area contributed by atoms with E-state index < -0.39 is 11.7 Å². The number of para-hydroxylation sites is 1. The minimum Gasteiger partial charge on any atom is -0.485 e. The Morgan fingerprint density at radius 3 is 2.50 bits per heavy atom. The maximum atomic E-state index is 14.0. The summed E-state index contributed by atoms with van der Waals surface area (Å²) in [5.74, 6) is -1.65. The van der Waals surface area contributed by atoms with Crippen LogP contribution < -0.4 is 15.8 Å². The summed E-state index contributed by atoms with van der Waals surface area (Å²) in [5.41, 5.74) is 6.49. The summed E-state index contributed by atoms with van der Waals surface area (Å²) in [6.07, 6.45) is 0. The van der Waals surface area contributed by atoms with Gasteiger partial charge in [-0.05, 0) is 29.8 Å². The molecule has 7 heteroatoms. The first-order chi connectivity index (χ1) is 13.6. The van der Waals surface area contributed by atoms with Crippen molar-refractivity contribution in [2.45, 2.75) is 20.5 Å². The molecule has 1 heterocycles. The predicted octanol–water partition coefficient (Wildman–Crippen LogP) is 2.58. The third kappa shape index (κ3) is 5.29. The van der Waals surface area contributed by atoms with Crippen molar-refractivity contribution < 1.29 is 18.7 Å². The first kappa shape index (κ1) is 21.4. The van der Waals surface area contributed by atoms with Gasteiger partial charge in [0.2, 0.25) is 0 Å². The van der Waals surface area contributed by atoms with Gasteiger partial charge < -0.3 is 20.7 Å². The van der Waals surface area contributed by atoms with Gasteiger partial charge in [0, 0.05) is 31.7 Å². The summed E-state index contributed by atoms with van der Waals surface area (Å²) in [7, 11) is 0. The fourth-order valence-corrected chi connectivity index (χ4v) is 2.85. The van der Waals surface area contributed by atoms with E-state index in [1.54, 1.807) is 29.2 Å². The van der Waals surface area contributed by atoms with Gasteiger partial charge in [-0.2, -0.15) is 0 Å². The van der Waals surface area contributed by atoms with Crippen molar-refractivity contribution >= 4 is 11.8 Å². The Hall–Kier alpha value is -2.93. The molecule has 1 aliphatic rings. The van der Waals surface area contributed by atoms with Crippen LogP contribution in [0.1, 0.15) is 40.1 Å². The standard InChI is InChI=1S/C19H20FN3O3.C2H6/c20-16-6-2-5-15(18(21)24)17(16)26-12-13-3-1-4-14(11-13)19(25)23-9-7-22-8-10-23;1-2/h1-6,11,22H,7-10,12H2,(H2,21,24);1-2H3. The SMILES string of the molecule is CC.NC(=O)c1cccc(F)c1OCc1cccc(C(=O)N2CCNCC2)c1. The molecule has 2 aromatic carbocycles. The summed E-state index contributed by atoms with van der Waals surface area (Å²) < 4.78 is 19.4. The van der Waals surface area contributed by atoms with E-state index in [0.717, 1.165) is 13.1 Å². The maximum absolute atomic E-state index is 14.0. The van der Waals surface area contributed by atoms with Crippen LogP contribution in [0.4, 0.5) is 4.39 Å². The summed E-state index contributed by atoms with van der Waals surface area (Å²) in [6.45, 7) is 6.90. The third-order valence-electron chi connectivity index (χ3n) is 4.19. The zero-order valence-electron chi connectivity index (χ0n) is 16.2. The van der Waals surface area contributed by atoms with E-state index in [0.29, 0.717) is 24.2 Å². The van der Waals surface area contributed by atoms with Crippen molar-refractivity contribution in [3.05, 3.63) is 65.0 Å². The largest absolute Gasteiger partial charge is 0.485 e. The number of halogens is 1. The molecule has 0 saturated carbocycles. The number of benzene rings is 2. The van der Waals surface area contributed by atoms with Crippen LogP contribution in [0, 0.1) is 5.82 Å². The number of amides is 2. The molecule has 1 fully saturated rings. The van der Waals surface area contributed by atoms with E-state index in [1.165, 1.54) is 18.2 Å². The maximum Gasteiger partial charge on any atom is 0.253 e. The van der Waals surface area contributed by atoms with E-state index in [-0.39, 0.29) is 23.8 Å². The van der Waals surface area contributed by atoms with Gasteiger partial charge in [-0.25, -0.2) is 4.39 Å². The second-order valence-electron chi connectivity index (χ2n) is 6.01. The van der Waals surface area contributed by atoms with E-state index in [2.05, 4.69) is 5.32 Å². The van der Waals surface area contributed by atoms with Gasteiger partial charge in [0.1, 0.15) is 6.61 Å². The van der Waals surface area contributed by atoms with E-state index >= 15 is 0 Å². The quantitative estimate of drug-likeness (QED) is 0.826. The number of nitrogens with one attached hydrogen (secondary N) is 1. The predicted molar refractivity (Wildman–Crippen MR) is 106 cm³/mol. The number of hydrogen-bond acceptors (Lipinski definition) is 4. The highest BCUT2D eigenvalue weighted by Gasteiger charge is 2.18. The number of piperazine rings is 1. The molecule has 0 atom stereocenters. The smallest absolute Gasteiger partial charge is 0.253 e. The zero-order valence-corrected chi connectivity index (χ0v) is 16.2. The molecule has 0 aliphatic carbocycles. The molecule has 28 heavy (non-hydrogen) atoms. The number of carbonyl (C=O) groups excluding carboxylic acids is 2. The van der Waals surface area contributed by atoms with Crippen molar-refractivity contribution in [1.29, 1.82) is 0 Å². The Labute approximate surface area is 164 Å². The summed E-state index contributed by atoms with van der Waals surface area (Å²) in [5, 5.41) is 3.20. The van der Waals surface area contributed by atoms with Crippen LogP contribution >= 0.6 is 0 Å². The Morgan fingerprint density at radius 1 is 1.14 bits per heavy atom. The zero-order chi connectivity index (χ0) is 20.5. The van der Waals surface area contributed by atoms with E-state index in [9.17, 15) is 14.0 Å². The fraction of sp³-hybridized carbons (Fsp3) is 0.333. The Kier molecular flexibility index (Phi) is 7.95. The minimum absolute atomic E-state index is 0.0157. The summed E-state index contributed by atoms with van der Waals surface area (Å²) in [6, 6.07) is 11.0. The number of rotatable bonds is 5. The second-order valence-corrected chi connectivity index (χ2v) is 6.01. The molecule has 2 amide bonds. The fourth-order valence-electron chi connectivity index (χ4n) is 2.85. The monoisotopic (exact) mass is 387 g/mol. The first-order valence-electron chi connectivity index (χ1n) is 9.36. The number of primary amides is 1. The lowest BCUT2D eigenvalue weighted by Crippen LogP contribution is -2.46. The lowest BCUT2D eigenvalue weighted by molar-refractivity contribution is 0.0735. The molecule has 1 aliphatic heterocycles. The van der Waals surface area contributed by atoms with Gasteiger partial charge in [0.05, 0.1) is 5.56 Å². The average Bonchev–Trinajstić information content (AvgIpc) is 2.74. The molecule has 2 aromatic rings. The number of ether oxygens (including phenoxy) is 1. The summed E-state index contributed by atoms with van der Waals surface area (Å²) in [4.78, 5) is 25.8. The van der Waals surface area contributed by atoms with Crippen LogP contribution in [0.5, 0.6) is 5.75 Å². The molecule has 3 rings (SSSR count). The van der Waals surface area contributed by atoms with E-state index in [4.69, 9.17) is 10.5 Å². The Balaban J connectivity index is 0.00000136. The van der Waals surface area contributed by atoms with Gasteiger partial charge in [-0.1, -0.05) is 32.0 Å². The molecule has 0 radical (unpaired) electrons. The molecular weight excluding hydrogens is 361 g/mol. The Morgan fingerprint density at radius 2 is 1.82 bits per heavy atom. The minimum atomic E-state index is -0.762. The van der Waals surface area contributed by atoms with Crippen molar-refractivity contribution in [1.82, 2.24) is 10.2 Å². The molecule has 0 unspecified atom stereocenters. The molecular formula is C21H26FN3O3. The third-order valence-corrected chi connectivity index (χ3v) is 4.19. The van der Waals surface area contributed by atoms with Crippen LogP contribution in [-0.4, -0.2) is 42.9 Å². The number of hydrogen-bond donors (Lipinski definition) is 2. The molecule has 0 aromatic heterocycles. The van der Waals surface area contributed by atoms with Gasteiger partial charge in [0.25, 0.3) is 11.8 Å². The molecule has 6 nitrogen and oxygen atoms in total. The highest BCUT2D eigenvalue weighted by Crippen LogP contribution is 2.23. The van der Waals surface area contributed by atoms with Gasteiger partial charge in [-0.3, -0.25) is 9.59 Å². The molecule has 150 valence electrons. The number of carbonyl (C=O) groups is 2.